The second kappa shape index (κ2) is 5.96. The first kappa shape index (κ1) is 14.4. The highest BCUT2D eigenvalue weighted by Crippen LogP contribution is 2.17. The Kier molecular flexibility index (Phi) is 4.29. The minimum atomic E-state index is 1.24. The Morgan fingerprint density at radius 1 is 0.650 bits per heavy atom. The van der Waals surface area contributed by atoms with E-state index in [-0.39, 0.29) is 0 Å². The van der Waals surface area contributed by atoms with E-state index in [2.05, 4.69) is 76.0 Å². The minimum Gasteiger partial charge on any atom is -0.361 e. The van der Waals surface area contributed by atoms with Gasteiger partial charge in [0.15, 0.2) is 0 Å². The molecule has 3 aromatic rings. The van der Waals surface area contributed by atoms with Crippen LogP contribution in [0.3, 0.4) is 0 Å². The van der Waals surface area contributed by atoms with Crippen LogP contribution >= 0.6 is 0 Å². The highest BCUT2D eigenvalue weighted by atomic mass is 14.7. The van der Waals surface area contributed by atoms with E-state index in [1.165, 1.54) is 38.7 Å². The van der Waals surface area contributed by atoms with Crippen LogP contribution in [0.4, 0.5) is 0 Å². The Balaban J connectivity index is 0.000000151. The third-order valence-electron chi connectivity index (χ3n) is 3.71. The molecule has 20 heavy (non-hydrogen) atoms. The zero-order valence-electron chi connectivity index (χ0n) is 13.0. The van der Waals surface area contributed by atoms with Gasteiger partial charge in [0.05, 0.1) is 0 Å². The highest BCUT2D eigenvalue weighted by Gasteiger charge is 1.97. The number of rotatable bonds is 0. The smallest absolute Gasteiger partial charge is 0.0459 e. The summed E-state index contributed by atoms with van der Waals surface area (Å²) < 4.78 is 0. The van der Waals surface area contributed by atoms with Crippen molar-refractivity contribution in [2.75, 3.05) is 0 Å². The van der Waals surface area contributed by atoms with Gasteiger partial charge in [-0.05, 0) is 62.9 Å². The first-order chi connectivity index (χ1) is 9.47. The van der Waals surface area contributed by atoms with Crippen molar-refractivity contribution in [3.8, 4) is 0 Å². The quantitative estimate of drug-likeness (QED) is 0.560. The molecule has 0 atom stereocenters. The van der Waals surface area contributed by atoms with Crippen molar-refractivity contribution >= 4 is 10.9 Å². The standard InChI is InChI=1S/C10H11N.C9H12/c1-7-3-4-9-8(2)6-11-10(9)5-7;1-7-4-5-8(2)9(3)6-7/h3-6,11H,1-2H3;4-6H,1-3H3. The summed E-state index contributed by atoms with van der Waals surface area (Å²) >= 11 is 0. The van der Waals surface area contributed by atoms with Crippen molar-refractivity contribution in [3.63, 3.8) is 0 Å². The van der Waals surface area contributed by atoms with Crippen LogP contribution in [0.2, 0.25) is 0 Å². The van der Waals surface area contributed by atoms with E-state index in [9.17, 15) is 0 Å². The normalized spacial score (nSPS) is 10.2. The van der Waals surface area contributed by atoms with Gasteiger partial charge in [-0.2, -0.15) is 0 Å². The monoisotopic (exact) mass is 265 g/mol. The van der Waals surface area contributed by atoms with Gasteiger partial charge in [0.2, 0.25) is 0 Å². The summed E-state index contributed by atoms with van der Waals surface area (Å²) in [5.41, 5.74) is 7.97. The van der Waals surface area contributed by atoms with Crippen LogP contribution < -0.4 is 0 Å². The molecule has 0 spiro atoms. The molecule has 1 N–H and O–H groups in total. The summed E-state index contributed by atoms with van der Waals surface area (Å²) in [6.07, 6.45) is 2.05. The number of nitrogens with one attached hydrogen (secondary N) is 1. The molecule has 0 fully saturated rings. The first-order valence-electron chi connectivity index (χ1n) is 7.05. The number of benzene rings is 2. The molecule has 0 amide bonds. The number of aromatic amines is 1. The topological polar surface area (TPSA) is 15.8 Å². The molecule has 0 aliphatic rings. The van der Waals surface area contributed by atoms with Gasteiger partial charge in [-0.1, -0.05) is 35.9 Å². The van der Waals surface area contributed by atoms with E-state index >= 15 is 0 Å². The number of hydrogen-bond acceptors (Lipinski definition) is 0. The predicted molar refractivity (Wildman–Crippen MR) is 88.4 cm³/mol. The second-order valence-corrected chi connectivity index (χ2v) is 5.61. The third-order valence-corrected chi connectivity index (χ3v) is 3.71. The van der Waals surface area contributed by atoms with E-state index < -0.39 is 0 Å². The van der Waals surface area contributed by atoms with Gasteiger partial charge in [-0.3, -0.25) is 0 Å². The molecule has 0 unspecified atom stereocenters. The summed E-state index contributed by atoms with van der Waals surface area (Å²) in [5.74, 6) is 0. The molecule has 0 radical (unpaired) electrons. The molecule has 3 rings (SSSR count). The van der Waals surface area contributed by atoms with Gasteiger partial charge in [-0.15, -0.1) is 0 Å². The Labute approximate surface area is 121 Å². The number of aryl methyl sites for hydroxylation is 5. The van der Waals surface area contributed by atoms with Crippen LogP contribution in [-0.4, -0.2) is 4.98 Å². The molecule has 1 heteroatoms. The van der Waals surface area contributed by atoms with Gasteiger partial charge in [0.25, 0.3) is 0 Å². The molecule has 1 nitrogen and oxygen atoms in total. The van der Waals surface area contributed by atoms with Crippen LogP contribution in [0.1, 0.15) is 27.8 Å². The van der Waals surface area contributed by atoms with E-state index in [0.29, 0.717) is 0 Å². The SMILES string of the molecule is Cc1ccc(C)c(C)c1.Cc1ccc2c(C)c[nH]c2c1. The van der Waals surface area contributed by atoms with Crippen LogP contribution in [0.15, 0.2) is 42.6 Å². The molecule has 0 bridgehead atoms. The van der Waals surface area contributed by atoms with E-state index in [1.807, 2.05) is 6.20 Å². The number of hydrogen-bond donors (Lipinski definition) is 1. The van der Waals surface area contributed by atoms with Crippen LogP contribution in [0, 0.1) is 34.6 Å². The molecule has 0 aliphatic carbocycles. The second-order valence-electron chi connectivity index (χ2n) is 5.61. The number of H-pyrrole nitrogens is 1. The predicted octanol–water partition coefficient (Wildman–Crippen LogP) is 5.40. The maximum atomic E-state index is 3.23. The lowest BCUT2D eigenvalue weighted by Crippen LogP contribution is -1.79. The molecule has 104 valence electrons. The van der Waals surface area contributed by atoms with Crippen LogP contribution in [0.25, 0.3) is 10.9 Å². The molecule has 0 aliphatic heterocycles. The summed E-state index contributed by atoms with van der Waals surface area (Å²) in [6, 6.07) is 13.0. The van der Waals surface area contributed by atoms with Crippen molar-refractivity contribution in [2.24, 2.45) is 0 Å². The Morgan fingerprint density at radius 2 is 1.30 bits per heavy atom. The number of fused-ring (bicyclic) bond motifs is 1. The van der Waals surface area contributed by atoms with Crippen molar-refractivity contribution < 1.29 is 0 Å². The summed E-state index contributed by atoms with van der Waals surface area (Å²) in [5, 5.41) is 1.33. The van der Waals surface area contributed by atoms with E-state index in [0.717, 1.165) is 0 Å². The van der Waals surface area contributed by atoms with Crippen molar-refractivity contribution in [3.05, 3.63) is 70.4 Å². The van der Waals surface area contributed by atoms with Crippen molar-refractivity contribution in [1.29, 1.82) is 0 Å². The van der Waals surface area contributed by atoms with Crippen molar-refractivity contribution in [2.45, 2.75) is 34.6 Å². The van der Waals surface area contributed by atoms with Gasteiger partial charge in [0.1, 0.15) is 0 Å². The molecular formula is C19H23N. The van der Waals surface area contributed by atoms with Gasteiger partial charge < -0.3 is 4.98 Å². The Hall–Kier alpha value is -2.02. The maximum Gasteiger partial charge on any atom is 0.0459 e. The minimum absolute atomic E-state index is 1.24. The van der Waals surface area contributed by atoms with Gasteiger partial charge in [-0.25, -0.2) is 0 Å². The lowest BCUT2D eigenvalue weighted by atomic mass is 10.1. The molecular weight excluding hydrogens is 242 g/mol. The maximum absolute atomic E-state index is 3.23. The fourth-order valence-electron chi connectivity index (χ4n) is 2.28. The fraction of sp³-hybridized carbons (Fsp3) is 0.263. The molecule has 1 aromatic heterocycles. The average molecular weight is 265 g/mol. The van der Waals surface area contributed by atoms with Gasteiger partial charge in [0, 0.05) is 17.1 Å². The van der Waals surface area contributed by atoms with Gasteiger partial charge >= 0.3 is 0 Å². The van der Waals surface area contributed by atoms with E-state index in [1.54, 1.807) is 0 Å². The zero-order valence-corrected chi connectivity index (χ0v) is 13.0. The Morgan fingerprint density at radius 3 is 1.95 bits per heavy atom. The largest absolute Gasteiger partial charge is 0.361 e. The first-order valence-corrected chi connectivity index (χ1v) is 7.05. The number of aromatic nitrogens is 1. The lowest BCUT2D eigenvalue weighted by molar-refractivity contribution is 1.30. The summed E-state index contributed by atoms with van der Waals surface area (Å²) in [6.45, 7) is 10.6. The summed E-state index contributed by atoms with van der Waals surface area (Å²) in [7, 11) is 0. The molecule has 0 saturated carbocycles. The fourth-order valence-corrected chi connectivity index (χ4v) is 2.28. The average Bonchev–Trinajstić information content (AvgIpc) is 2.76. The lowest BCUT2D eigenvalue weighted by Gasteiger charge is -1.98. The molecule has 2 aromatic carbocycles. The van der Waals surface area contributed by atoms with E-state index in [4.69, 9.17) is 0 Å². The van der Waals surface area contributed by atoms with Crippen LogP contribution in [0.5, 0.6) is 0 Å². The third kappa shape index (κ3) is 3.30. The Bertz CT molecular complexity index is 720. The summed E-state index contributed by atoms with van der Waals surface area (Å²) in [4.78, 5) is 3.23. The molecule has 1 heterocycles. The van der Waals surface area contributed by atoms with Crippen molar-refractivity contribution in [1.82, 2.24) is 4.98 Å². The molecule has 0 saturated heterocycles. The highest BCUT2D eigenvalue weighted by molar-refractivity contribution is 5.83. The van der Waals surface area contributed by atoms with Crippen LogP contribution in [-0.2, 0) is 0 Å². The zero-order chi connectivity index (χ0) is 14.7.